The molecule has 3 aromatic heterocycles. The minimum absolute atomic E-state index is 0.151. The van der Waals surface area contributed by atoms with E-state index in [0.29, 0.717) is 29.0 Å². The van der Waals surface area contributed by atoms with Crippen LogP contribution < -0.4 is 10.9 Å². The second kappa shape index (κ2) is 11.5. The molecule has 2 aliphatic carbocycles. The number of carbonyl (C=O) groups excluding carboxylic acids is 1. The molecule has 1 aliphatic heterocycles. The van der Waals surface area contributed by atoms with E-state index in [4.69, 9.17) is 4.98 Å². The van der Waals surface area contributed by atoms with Crippen molar-refractivity contribution in [3.63, 3.8) is 0 Å². The van der Waals surface area contributed by atoms with E-state index in [0.717, 1.165) is 73.3 Å². The molecular formula is C34H36N8O2. The second-order valence-electron chi connectivity index (χ2n) is 12.7. The van der Waals surface area contributed by atoms with Crippen LogP contribution in [0.3, 0.4) is 0 Å². The lowest BCUT2D eigenvalue weighted by molar-refractivity contribution is 0.102. The summed E-state index contributed by atoms with van der Waals surface area (Å²) in [6, 6.07) is 13.5. The van der Waals surface area contributed by atoms with E-state index in [2.05, 4.69) is 39.5 Å². The third kappa shape index (κ3) is 5.80. The highest BCUT2D eigenvalue weighted by atomic mass is 16.2. The van der Waals surface area contributed by atoms with Crippen LogP contribution in [0, 0.1) is 17.2 Å². The number of pyridine rings is 2. The van der Waals surface area contributed by atoms with E-state index in [9.17, 15) is 14.9 Å². The maximum absolute atomic E-state index is 13.8. The van der Waals surface area contributed by atoms with E-state index in [1.165, 1.54) is 12.8 Å². The zero-order valence-corrected chi connectivity index (χ0v) is 25.2. The molecule has 4 heterocycles. The van der Waals surface area contributed by atoms with Gasteiger partial charge in [-0.15, -0.1) is 10.2 Å². The Bertz CT molecular complexity index is 1840. The molecule has 4 aromatic rings. The first-order valence-electron chi connectivity index (χ1n) is 15.6. The van der Waals surface area contributed by atoms with Crippen molar-refractivity contribution in [2.45, 2.75) is 64.0 Å². The normalized spacial score (nSPS) is 18.6. The van der Waals surface area contributed by atoms with E-state index >= 15 is 0 Å². The molecule has 0 radical (unpaired) electrons. The van der Waals surface area contributed by atoms with Crippen molar-refractivity contribution in [2.75, 3.05) is 18.4 Å². The van der Waals surface area contributed by atoms with Gasteiger partial charge in [-0.05, 0) is 98.0 Å². The van der Waals surface area contributed by atoms with Gasteiger partial charge in [0.05, 0.1) is 11.6 Å². The van der Waals surface area contributed by atoms with E-state index in [1.807, 2.05) is 36.0 Å². The molecule has 3 aliphatic rings. The minimum Gasteiger partial charge on any atom is -0.317 e. The lowest BCUT2D eigenvalue weighted by Gasteiger charge is -2.31. The van der Waals surface area contributed by atoms with Crippen molar-refractivity contribution in [1.29, 1.82) is 5.26 Å². The summed E-state index contributed by atoms with van der Waals surface area (Å²) in [5.41, 5.74) is 4.77. The fourth-order valence-corrected chi connectivity index (χ4v) is 6.34. The van der Waals surface area contributed by atoms with Gasteiger partial charge in [0, 0.05) is 49.6 Å². The fourth-order valence-electron chi connectivity index (χ4n) is 6.34. The molecule has 7 rings (SSSR count). The number of likely N-dealkylation sites (tertiary alicyclic amines) is 1. The number of hydrogen-bond donors (Lipinski definition) is 1. The first kappa shape index (κ1) is 28.2. The van der Waals surface area contributed by atoms with Crippen LogP contribution in [0.15, 0.2) is 53.7 Å². The molecule has 1 saturated heterocycles. The van der Waals surface area contributed by atoms with Crippen molar-refractivity contribution in [2.24, 2.45) is 13.0 Å². The summed E-state index contributed by atoms with van der Waals surface area (Å²) in [7, 11) is 1.86. The van der Waals surface area contributed by atoms with Crippen molar-refractivity contribution in [1.82, 2.24) is 29.2 Å². The number of piperidine rings is 1. The number of hydrogen-bond acceptors (Lipinski definition) is 7. The Hall–Kier alpha value is -4.62. The van der Waals surface area contributed by atoms with Gasteiger partial charge in [0.25, 0.3) is 11.5 Å². The average Bonchev–Trinajstić information content (AvgIpc) is 3.95. The quantitative estimate of drug-likeness (QED) is 0.297. The van der Waals surface area contributed by atoms with Crippen molar-refractivity contribution < 1.29 is 4.79 Å². The van der Waals surface area contributed by atoms with Crippen LogP contribution in [-0.2, 0) is 13.6 Å². The largest absolute Gasteiger partial charge is 0.317 e. The van der Waals surface area contributed by atoms with Crippen LogP contribution in [0.4, 0.5) is 5.82 Å². The predicted molar refractivity (Wildman–Crippen MR) is 167 cm³/mol. The Balaban J connectivity index is 1.24. The van der Waals surface area contributed by atoms with Crippen LogP contribution in [0.25, 0.3) is 22.5 Å². The number of benzene rings is 1. The number of nitrogens with zero attached hydrogens (tertiary/aromatic N) is 7. The molecule has 10 nitrogen and oxygen atoms in total. The molecule has 0 spiro atoms. The molecule has 10 heteroatoms. The van der Waals surface area contributed by atoms with Gasteiger partial charge in [-0.2, -0.15) is 5.26 Å². The van der Waals surface area contributed by atoms with E-state index in [1.54, 1.807) is 23.0 Å². The average molecular weight is 589 g/mol. The Morgan fingerprint density at radius 2 is 1.93 bits per heavy atom. The summed E-state index contributed by atoms with van der Waals surface area (Å²) in [4.78, 5) is 34.6. The lowest BCUT2D eigenvalue weighted by atomic mass is 9.96. The SMILES string of the molecule is C[C@H]1CCCN(Cc2cc(C(=O)Nc3cc(-c4ccc(C#N)cc4-c4nncn4C)cc(C4CC4)n3)c(=O)n(C3CC3)c2)C1. The maximum Gasteiger partial charge on any atom is 0.263 e. The summed E-state index contributed by atoms with van der Waals surface area (Å²) in [6.45, 7) is 5.05. The highest BCUT2D eigenvalue weighted by Gasteiger charge is 2.29. The van der Waals surface area contributed by atoms with Crippen LogP contribution >= 0.6 is 0 Å². The summed E-state index contributed by atoms with van der Waals surface area (Å²) in [5, 5.41) is 20.9. The van der Waals surface area contributed by atoms with Crippen LogP contribution in [-0.4, -0.2) is 48.2 Å². The molecule has 1 amide bonds. The molecule has 2 saturated carbocycles. The highest BCUT2D eigenvalue weighted by molar-refractivity contribution is 6.04. The molecule has 1 aromatic carbocycles. The summed E-state index contributed by atoms with van der Waals surface area (Å²) in [6.07, 6.45) is 9.98. The first-order chi connectivity index (χ1) is 21.4. The molecule has 3 fully saturated rings. The molecule has 44 heavy (non-hydrogen) atoms. The minimum atomic E-state index is -0.446. The summed E-state index contributed by atoms with van der Waals surface area (Å²) in [5.74, 6) is 1.55. The van der Waals surface area contributed by atoms with E-state index < -0.39 is 5.91 Å². The number of anilines is 1. The van der Waals surface area contributed by atoms with Gasteiger partial charge in [0.2, 0.25) is 0 Å². The maximum atomic E-state index is 13.8. The highest BCUT2D eigenvalue weighted by Crippen LogP contribution is 2.42. The first-order valence-corrected chi connectivity index (χ1v) is 15.6. The zero-order chi connectivity index (χ0) is 30.4. The number of carbonyl (C=O) groups is 1. The molecular weight excluding hydrogens is 552 g/mol. The molecule has 224 valence electrons. The molecule has 1 atom stereocenters. The fraction of sp³-hybridized carbons (Fsp3) is 0.412. The number of nitriles is 1. The second-order valence-corrected chi connectivity index (χ2v) is 12.7. The Kier molecular flexibility index (Phi) is 7.34. The smallest absolute Gasteiger partial charge is 0.263 e. The molecule has 1 N–H and O–H groups in total. The van der Waals surface area contributed by atoms with Crippen molar-refractivity contribution >= 4 is 11.7 Å². The van der Waals surface area contributed by atoms with Crippen molar-refractivity contribution in [3.8, 4) is 28.6 Å². The summed E-state index contributed by atoms with van der Waals surface area (Å²) < 4.78 is 3.58. The standard InChI is InChI=1S/C34H36N8O2/c1-21-4-3-11-41(17-21)18-23-13-29(34(44)42(19-23)26-8-9-26)33(43)38-31-15-25(14-30(37-31)24-6-7-24)27-10-5-22(16-35)12-28(27)32-39-36-20-40(32)2/h5,10,12-15,19-21,24,26H,3-4,6-9,11,17-18H2,1-2H3,(H,37,38,43)/t21-/m0/s1. The zero-order valence-electron chi connectivity index (χ0n) is 25.2. The van der Waals surface area contributed by atoms with Crippen molar-refractivity contribution in [3.05, 3.63) is 81.7 Å². The van der Waals surface area contributed by atoms with Gasteiger partial charge < -0.3 is 14.5 Å². The van der Waals surface area contributed by atoms with Gasteiger partial charge in [0.1, 0.15) is 17.7 Å². The molecule has 0 unspecified atom stereocenters. The Labute approximate surface area is 256 Å². The third-order valence-electron chi connectivity index (χ3n) is 8.93. The predicted octanol–water partition coefficient (Wildman–Crippen LogP) is 5.27. The van der Waals surface area contributed by atoms with Gasteiger partial charge in [-0.25, -0.2) is 4.98 Å². The van der Waals surface area contributed by atoms with Gasteiger partial charge >= 0.3 is 0 Å². The Morgan fingerprint density at radius 3 is 2.64 bits per heavy atom. The number of nitrogens with one attached hydrogen (secondary N) is 1. The number of aromatic nitrogens is 5. The third-order valence-corrected chi connectivity index (χ3v) is 8.93. The molecule has 0 bridgehead atoms. The summed E-state index contributed by atoms with van der Waals surface area (Å²) >= 11 is 0. The monoisotopic (exact) mass is 588 g/mol. The lowest BCUT2D eigenvalue weighted by Crippen LogP contribution is -2.35. The van der Waals surface area contributed by atoms with Crippen LogP contribution in [0.5, 0.6) is 0 Å². The number of aryl methyl sites for hydroxylation is 1. The van der Waals surface area contributed by atoms with Gasteiger partial charge in [-0.1, -0.05) is 13.0 Å². The topological polar surface area (TPSA) is 122 Å². The number of amides is 1. The van der Waals surface area contributed by atoms with Gasteiger partial charge in [0.15, 0.2) is 5.82 Å². The number of rotatable bonds is 8. The Morgan fingerprint density at radius 1 is 1.09 bits per heavy atom. The van der Waals surface area contributed by atoms with E-state index in [-0.39, 0.29) is 17.2 Å². The van der Waals surface area contributed by atoms with Crippen LogP contribution in [0.1, 0.15) is 84.6 Å². The van der Waals surface area contributed by atoms with Crippen LogP contribution in [0.2, 0.25) is 0 Å². The van der Waals surface area contributed by atoms with Gasteiger partial charge in [-0.3, -0.25) is 14.5 Å².